The van der Waals surface area contributed by atoms with Crippen LogP contribution in [-0.4, -0.2) is 37.3 Å². The summed E-state index contributed by atoms with van der Waals surface area (Å²) in [6, 6.07) is 15.4. The van der Waals surface area contributed by atoms with Crippen LogP contribution in [0.1, 0.15) is 39.2 Å². The summed E-state index contributed by atoms with van der Waals surface area (Å²) in [5, 5.41) is 12.7. The van der Waals surface area contributed by atoms with Crippen LogP contribution in [-0.2, 0) is 9.59 Å². The molecule has 164 valence electrons. The molecule has 2 aromatic rings. The Balaban J connectivity index is 1.78. The number of carboxylic acid groups (broad SMARTS) is 1. The highest BCUT2D eigenvalue weighted by Gasteiger charge is 2.58. The van der Waals surface area contributed by atoms with Gasteiger partial charge in [0.15, 0.2) is 0 Å². The summed E-state index contributed by atoms with van der Waals surface area (Å²) in [5.41, 5.74) is 1.76. The molecule has 1 aliphatic rings. The van der Waals surface area contributed by atoms with Crippen LogP contribution < -0.4 is 10.2 Å². The zero-order valence-electron chi connectivity index (χ0n) is 18.8. The third-order valence-corrected chi connectivity index (χ3v) is 6.94. The van der Waals surface area contributed by atoms with Crippen molar-refractivity contribution in [3.05, 3.63) is 54.1 Å². The van der Waals surface area contributed by atoms with E-state index in [0.717, 1.165) is 11.3 Å². The summed E-state index contributed by atoms with van der Waals surface area (Å²) in [4.78, 5) is 31.6. The first-order chi connectivity index (χ1) is 14.6. The fourth-order valence-electron chi connectivity index (χ4n) is 4.26. The molecule has 1 fully saturated rings. The maximum atomic E-state index is 13.1. The molecule has 6 heteroatoms. The van der Waals surface area contributed by atoms with Crippen LogP contribution in [0, 0.1) is 16.7 Å². The molecule has 0 aliphatic heterocycles. The molecule has 0 aromatic heterocycles. The normalized spacial score (nSPS) is 22.4. The van der Waals surface area contributed by atoms with Crippen molar-refractivity contribution < 1.29 is 14.7 Å². The summed E-state index contributed by atoms with van der Waals surface area (Å²) in [6.45, 7) is 5.49. The Morgan fingerprint density at radius 1 is 1.10 bits per heavy atom. The number of carbonyl (C=O) groups is 2. The van der Waals surface area contributed by atoms with Crippen molar-refractivity contribution in [1.82, 2.24) is 0 Å². The van der Waals surface area contributed by atoms with Gasteiger partial charge in [-0.2, -0.15) is 0 Å². The van der Waals surface area contributed by atoms with Crippen molar-refractivity contribution in [3.8, 4) is 0 Å². The highest BCUT2D eigenvalue weighted by molar-refractivity contribution is 5.97. The maximum Gasteiger partial charge on any atom is 0.309 e. The highest BCUT2D eigenvalue weighted by atomic mass is 16.4. The van der Waals surface area contributed by atoms with Gasteiger partial charge in [-0.1, -0.05) is 38.1 Å². The molecule has 0 radical (unpaired) electrons. The molecule has 6 nitrogen and oxygen atoms in total. The van der Waals surface area contributed by atoms with Crippen LogP contribution in [0.3, 0.4) is 0 Å². The lowest BCUT2D eigenvalue weighted by atomic mass is 9.65. The largest absolute Gasteiger partial charge is 0.481 e. The molecule has 1 aliphatic carbocycles. The first kappa shape index (κ1) is 22.5. The molecule has 0 unspecified atom stereocenters. The van der Waals surface area contributed by atoms with Crippen molar-refractivity contribution in [2.24, 2.45) is 21.7 Å². The van der Waals surface area contributed by atoms with Gasteiger partial charge in [0, 0.05) is 31.9 Å². The Kier molecular flexibility index (Phi) is 6.20. The van der Waals surface area contributed by atoms with E-state index in [9.17, 15) is 14.7 Å². The summed E-state index contributed by atoms with van der Waals surface area (Å²) in [6.07, 6.45) is 2.80. The van der Waals surface area contributed by atoms with Crippen LogP contribution in [0.4, 0.5) is 17.1 Å². The average Bonchev–Trinajstić information content (AvgIpc) is 2.97. The van der Waals surface area contributed by atoms with E-state index in [-0.39, 0.29) is 11.8 Å². The SMILES string of the molecule is CN(C)c1ccc(C=Nc2ccccc2NC(=O)[C@@H]2CC[C@](C)(C(=O)O)C2(C)C)cc1. The molecule has 2 atom stereocenters. The average molecular weight is 422 g/mol. The third kappa shape index (κ3) is 4.33. The number of benzene rings is 2. The quantitative estimate of drug-likeness (QED) is 0.645. The van der Waals surface area contributed by atoms with Crippen LogP contribution in [0.25, 0.3) is 0 Å². The van der Waals surface area contributed by atoms with E-state index >= 15 is 0 Å². The molecule has 1 saturated carbocycles. The van der Waals surface area contributed by atoms with Crippen molar-refractivity contribution >= 4 is 35.2 Å². The molecule has 1 amide bonds. The topological polar surface area (TPSA) is 82.0 Å². The minimum atomic E-state index is -0.925. The van der Waals surface area contributed by atoms with Crippen LogP contribution >= 0.6 is 0 Å². The monoisotopic (exact) mass is 421 g/mol. The van der Waals surface area contributed by atoms with Crippen LogP contribution in [0.15, 0.2) is 53.5 Å². The summed E-state index contributed by atoms with van der Waals surface area (Å²) >= 11 is 0. The molecule has 0 heterocycles. The van der Waals surface area contributed by atoms with E-state index in [1.165, 1.54) is 0 Å². The Morgan fingerprint density at radius 3 is 2.32 bits per heavy atom. The van der Waals surface area contributed by atoms with Gasteiger partial charge in [-0.3, -0.25) is 14.6 Å². The Labute approximate surface area is 184 Å². The first-order valence-corrected chi connectivity index (χ1v) is 10.5. The number of para-hydroxylation sites is 2. The number of hydrogen-bond donors (Lipinski definition) is 2. The lowest BCUT2D eigenvalue weighted by molar-refractivity contribution is -0.154. The number of anilines is 2. The van der Waals surface area contributed by atoms with Gasteiger partial charge in [0.2, 0.25) is 5.91 Å². The lowest BCUT2D eigenvalue weighted by Gasteiger charge is -2.37. The van der Waals surface area contributed by atoms with Crippen molar-refractivity contribution in [2.75, 3.05) is 24.3 Å². The van der Waals surface area contributed by atoms with Crippen LogP contribution in [0.2, 0.25) is 0 Å². The number of carbonyl (C=O) groups excluding carboxylic acids is 1. The fraction of sp³-hybridized carbons (Fsp3) is 0.400. The predicted octanol–water partition coefficient (Wildman–Crippen LogP) is 4.97. The van der Waals surface area contributed by atoms with Crippen molar-refractivity contribution in [3.63, 3.8) is 0 Å². The number of aliphatic imine (C=N–C) groups is 1. The van der Waals surface area contributed by atoms with Gasteiger partial charge < -0.3 is 15.3 Å². The molecule has 2 N–H and O–H groups in total. The number of hydrogen-bond acceptors (Lipinski definition) is 4. The number of rotatable bonds is 6. The van der Waals surface area contributed by atoms with Gasteiger partial charge in [0.1, 0.15) is 0 Å². The molecular formula is C25H31N3O3. The maximum absolute atomic E-state index is 13.1. The van der Waals surface area contributed by atoms with Crippen molar-refractivity contribution in [1.29, 1.82) is 0 Å². The van der Waals surface area contributed by atoms with E-state index in [1.54, 1.807) is 13.1 Å². The molecule has 0 spiro atoms. The van der Waals surface area contributed by atoms with Gasteiger partial charge in [0.25, 0.3) is 0 Å². The molecule has 0 saturated heterocycles. The minimum Gasteiger partial charge on any atom is -0.481 e. The molecule has 0 bridgehead atoms. The zero-order chi connectivity index (χ0) is 22.8. The Hall–Kier alpha value is -3.15. The first-order valence-electron chi connectivity index (χ1n) is 10.5. The number of carboxylic acids is 1. The number of amides is 1. The Bertz CT molecular complexity index is 995. The summed E-state index contributed by atoms with van der Waals surface area (Å²) in [5.74, 6) is -1.39. The second-order valence-corrected chi connectivity index (χ2v) is 9.20. The third-order valence-electron chi connectivity index (χ3n) is 6.94. The summed E-state index contributed by atoms with van der Waals surface area (Å²) in [7, 11) is 3.99. The lowest BCUT2D eigenvalue weighted by Crippen LogP contribution is -2.43. The standard InChI is InChI=1S/C25H31N3O3/c1-24(2)19(14-15-25(24,3)23(30)31)22(29)27-21-9-7-6-8-20(21)26-16-17-10-12-18(13-11-17)28(4)5/h6-13,16,19H,14-15H2,1-5H3,(H,27,29)(H,30,31)/t19-,25+/m0/s1. The van der Waals surface area contributed by atoms with E-state index in [0.29, 0.717) is 24.2 Å². The van der Waals surface area contributed by atoms with E-state index in [4.69, 9.17) is 0 Å². The predicted molar refractivity (Wildman–Crippen MR) is 125 cm³/mol. The second kappa shape index (κ2) is 8.53. The number of nitrogens with one attached hydrogen (secondary N) is 1. The molecule has 31 heavy (non-hydrogen) atoms. The smallest absolute Gasteiger partial charge is 0.309 e. The highest BCUT2D eigenvalue weighted by Crippen LogP contribution is 2.56. The van der Waals surface area contributed by atoms with E-state index in [2.05, 4.69) is 10.3 Å². The molecule has 3 rings (SSSR count). The second-order valence-electron chi connectivity index (χ2n) is 9.20. The van der Waals surface area contributed by atoms with Gasteiger partial charge in [-0.25, -0.2) is 0 Å². The van der Waals surface area contributed by atoms with Crippen LogP contribution in [0.5, 0.6) is 0 Å². The molecular weight excluding hydrogens is 390 g/mol. The van der Waals surface area contributed by atoms with Gasteiger partial charge in [-0.15, -0.1) is 0 Å². The van der Waals surface area contributed by atoms with Gasteiger partial charge >= 0.3 is 5.97 Å². The summed E-state index contributed by atoms with van der Waals surface area (Å²) < 4.78 is 0. The van der Waals surface area contributed by atoms with E-state index < -0.39 is 16.8 Å². The van der Waals surface area contributed by atoms with Gasteiger partial charge in [-0.05, 0) is 55.0 Å². The zero-order valence-corrected chi connectivity index (χ0v) is 18.8. The Morgan fingerprint density at radius 2 is 1.74 bits per heavy atom. The fourth-order valence-corrected chi connectivity index (χ4v) is 4.26. The minimum absolute atomic E-state index is 0.159. The number of aliphatic carboxylic acids is 1. The van der Waals surface area contributed by atoms with Gasteiger partial charge in [0.05, 0.1) is 16.8 Å². The molecule has 2 aromatic carbocycles. The number of nitrogens with zero attached hydrogens (tertiary/aromatic N) is 2. The van der Waals surface area contributed by atoms with Crippen molar-refractivity contribution in [2.45, 2.75) is 33.6 Å². The van der Waals surface area contributed by atoms with E-state index in [1.807, 2.05) is 81.4 Å².